The number of aliphatic carboxylic acids is 1. The van der Waals surface area contributed by atoms with E-state index in [1.54, 1.807) is 24.3 Å². The molecule has 0 saturated carbocycles. The molecule has 1 heterocycles. The number of aromatic hydroxyl groups is 2. The summed E-state index contributed by atoms with van der Waals surface area (Å²) in [6.45, 7) is -0.598. The number of aliphatic hydroxyl groups is 3. The van der Waals surface area contributed by atoms with Gasteiger partial charge in [0.05, 0.1) is 7.11 Å². The molecule has 1 fully saturated rings. The van der Waals surface area contributed by atoms with Gasteiger partial charge in [-0.3, -0.25) is 9.59 Å². The predicted molar refractivity (Wildman–Crippen MR) is 122 cm³/mol. The standard InChI is InChI=1S/C24H26O12/c1-33-17-5-4-12(8-16(17)26)2-3-13-6-14(25)9-15(7-13)35-24-23(32)22(31)21(30)18(36-24)11-34-20(29)10-19(27)28/h2-9,18,21-26,30-32H,10-11H2,1H3,(H,27,28)/b3-2+/t18-,21-,22+,23-,24-/m1/s1. The summed E-state index contributed by atoms with van der Waals surface area (Å²) in [5.41, 5.74) is 1.12. The van der Waals surface area contributed by atoms with Gasteiger partial charge >= 0.3 is 11.9 Å². The summed E-state index contributed by atoms with van der Waals surface area (Å²) in [7, 11) is 1.43. The van der Waals surface area contributed by atoms with Gasteiger partial charge in [0.2, 0.25) is 6.29 Å². The molecule has 0 aromatic heterocycles. The third-order valence-electron chi connectivity index (χ3n) is 5.21. The van der Waals surface area contributed by atoms with Gasteiger partial charge in [-0.1, -0.05) is 18.2 Å². The van der Waals surface area contributed by atoms with Gasteiger partial charge in [0.1, 0.15) is 48.9 Å². The molecule has 194 valence electrons. The van der Waals surface area contributed by atoms with E-state index in [1.807, 2.05) is 0 Å². The van der Waals surface area contributed by atoms with Gasteiger partial charge in [0, 0.05) is 6.07 Å². The monoisotopic (exact) mass is 506 g/mol. The van der Waals surface area contributed by atoms with Crippen LogP contribution in [0, 0.1) is 0 Å². The van der Waals surface area contributed by atoms with E-state index in [0.717, 1.165) is 0 Å². The van der Waals surface area contributed by atoms with E-state index < -0.39 is 55.7 Å². The number of aliphatic hydroxyl groups excluding tert-OH is 3. The van der Waals surface area contributed by atoms with E-state index in [4.69, 9.17) is 24.1 Å². The quantitative estimate of drug-likeness (QED) is 0.157. The third-order valence-corrected chi connectivity index (χ3v) is 5.21. The van der Waals surface area contributed by atoms with Crippen molar-refractivity contribution in [1.82, 2.24) is 0 Å². The van der Waals surface area contributed by atoms with Gasteiger partial charge < -0.3 is 49.6 Å². The normalized spacial score (nSPS) is 23.8. The minimum absolute atomic E-state index is 0.0430. The smallest absolute Gasteiger partial charge is 0.317 e. The summed E-state index contributed by atoms with van der Waals surface area (Å²) in [6, 6.07) is 8.92. The Labute approximate surface area is 205 Å². The lowest BCUT2D eigenvalue weighted by molar-refractivity contribution is -0.278. The number of benzene rings is 2. The first-order valence-electron chi connectivity index (χ1n) is 10.7. The Morgan fingerprint density at radius 1 is 0.972 bits per heavy atom. The number of carbonyl (C=O) groups excluding carboxylic acids is 1. The fourth-order valence-electron chi connectivity index (χ4n) is 3.41. The van der Waals surface area contributed by atoms with Crippen LogP contribution in [-0.2, 0) is 19.1 Å². The maximum absolute atomic E-state index is 11.5. The molecule has 0 amide bonds. The Kier molecular flexibility index (Phi) is 8.72. The Hall–Kier alpha value is -3.84. The van der Waals surface area contributed by atoms with Crippen LogP contribution in [0.5, 0.6) is 23.0 Å². The molecule has 6 N–H and O–H groups in total. The van der Waals surface area contributed by atoms with Gasteiger partial charge in [-0.05, 0) is 35.4 Å². The highest BCUT2D eigenvalue weighted by Crippen LogP contribution is 2.30. The number of rotatable bonds is 9. The summed E-state index contributed by atoms with van der Waals surface area (Å²) < 4.78 is 20.8. The average Bonchev–Trinajstić information content (AvgIpc) is 2.81. The van der Waals surface area contributed by atoms with E-state index >= 15 is 0 Å². The zero-order valence-electron chi connectivity index (χ0n) is 19.1. The number of carboxylic acids is 1. The molecule has 1 aliphatic heterocycles. The number of hydrogen-bond acceptors (Lipinski definition) is 11. The zero-order valence-corrected chi connectivity index (χ0v) is 19.1. The molecule has 3 rings (SSSR count). The van der Waals surface area contributed by atoms with Crippen molar-refractivity contribution in [3.05, 3.63) is 47.5 Å². The van der Waals surface area contributed by atoms with E-state index in [0.29, 0.717) is 16.9 Å². The van der Waals surface area contributed by atoms with Gasteiger partial charge in [0.15, 0.2) is 11.5 Å². The maximum Gasteiger partial charge on any atom is 0.317 e. The number of phenolic OH excluding ortho intramolecular Hbond substituents is 2. The second kappa shape index (κ2) is 11.7. The summed E-state index contributed by atoms with van der Waals surface area (Å²) >= 11 is 0. The summed E-state index contributed by atoms with van der Waals surface area (Å²) in [4.78, 5) is 22.1. The molecule has 5 atom stereocenters. The van der Waals surface area contributed by atoms with Crippen LogP contribution < -0.4 is 9.47 Å². The van der Waals surface area contributed by atoms with Crippen molar-refractivity contribution in [1.29, 1.82) is 0 Å². The minimum Gasteiger partial charge on any atom is -0.508 e. The number of carboxylic acid groups (broad SMARTS) is 1. The summed E-state index contributed by atoms with van der Waals surface area (Å²) in [6.07, 6.45) is -5.55. The fraction of sp³-hybridized carbons (Fsp3) is 0.333. The van der Waals surface area contributed by atoms with Crippen LogP contribution in [0.2, 0.25) is 0 Å². The van der Waals surface area contributed by atoms with E-state index in [1.165, 1.54) is 31.4 Å². The minimum atomic E-state index is -1.73. The average molecular weight is 506 g/mol. The SMILES string of the molecule is COc1ccc(/C=C/c2cc(O)cc(O[C@@H]3O[C@H](COC(=O)CC(=O)O)[C@@H](O)[C@H](O)[C@H]3O)c2)cc1O. The highest BCUT2D eigenvalue weighted by molar-refractivity contribution is 5.90. The Bertz CT molecular complexity index is 1110. The topological polar surface area (TPSA) is 192 Å². The van der Waals surface area contributed by atoms with Gasteiger partial charge in [-0.25, -0.2) is 0 Å². The van der Waals surface area contributed by atoms with Crippen molar-refractivity contribution in [3.63, 3.8) is 0 Å². The van der Waals surface area contributed by atoms with Crippen molar-refractivity contribution in [2.24, 2.45) is 0 Å². The van der Waals surface area contributed by atoms with Crippen molar-refractivity contribution < 1.29 is 59.2 Å². The lowest BCUT2D eigenvalue weighted by Gasteiger charge is -2.39. The molecular formula is C24H26O12. The first-order chi connectivity index (χ1) is 17.1. The summed E-state index contributed by atoms with van der Waals surface area (Å²) in [5, 5.41) is 59.2. The van der Waals surface area contributed by atoms with Crippen molar-refractivity contribution in [2.45, 2.75) is 37.1 Å². The number of carbonyl (C=O) groups is 2. The molecular weight excluding hydrogens is 480 g/mol. The molecule has 0 radical (unpaired) electrons. The van der Waals surface area contributed by atoms with E-state index in [2.05, 4.69) is 0 Å². The van der Waals surface area contributed by atoms with E-state index in [-0.39, 0.29) is 17.2 Å². The second-order valence-corrected chi connectivity index (χ2v) is 7.91. The number of phenols is 2. The lowest BCUT2D eigenvalue weighted by Crippen LogP contribution is -2.60. The van der Waals surface area contributed by atoms with Crippen LogP contribution in [0.1, 0.15) is 17.5 Å². The van der Waals surface area contributed by atoms with Crippen molar-refractivity contribution >= 4 is 24.1 Å². The number of methoxy groups -OCH3 is 1. The lowest BCUT2D eigenvalue weighted by atomic mass is 9.99. The van der Waals surface area contributed by atoms with Crippen LogP contribution in [0.3, 0.4) is 0 Å². The molecule has 2 aromatic rings. The Morgan fingerprint density at radius 2 is 1.69 bits per heavy atom. The molecule has 0 aliphatic carbocycles. The van der Waals surface area contributed by atoms with Crippen LogP contribution in [0.25, 0.3) is 12.2 Å². The second-order valence-electron chi connectivity index (χ2n) is 7.91. The van der Waals surface area contributed by atoms with E-state index in [9.17, 15) is 35.1 Å². The molecule has 0 spiro atoms. The molecule has 1 aliphatic rings. The number of hydrogen-bond donors (Lipinski definition) is 6. The van der Waals surface area contributed by atoms with Crippen LogP contribution in [-0.4, -0.2) is 87.0 Å². The molecule has 2 aromatic carbocycles. The Balaban J connectivity index is 1.72. The molecule has 0 unspecified atom stereocenters. The van der Waals surface area contributed by atoms with Crippen molar-refractivity contribution in [2.75, 3.05) is 13.7 Å². The number of ether oxygens (including phenoxy) is 4. The molecule has 1 saturated heterocycles. The maximum atomic E-state index is 11.5. The number of esters is 1. The van der Waals surface area contributed by atoms with Crippen LogP contribution in [0.4, 0.5) is 0 Å². The van der Waals surface area contributed by atoms with Crippen molar-refractivity contribution in [3.8, 4) is 23.0 Å². The van der Waals surface area contributed by atoms with Crippen LogP contribution in [0.15, 0.2) is 36.4 Å². The van der Waals surface area contributed by atoms with Gasteiger partial charge in [0.25, 0.3) is 0 Å². The molecule has 36 heavy (non-hydrogen) atoms. The van der Waals surface area contributed by atoms with Crippen LogP contribution >= 0.6 is 0 Å². The highest BCUT2D eigenvalue weighted by atomic mass is 16.7. The first kappa shape index (κ1) is 26.8. The third kappa shape index (κ3) is 6.86. The fourth-order valence-corrected chi connectivity index (χ4v) is 3.41. The molecule has 0 bridgehead atoms. The largest absolute Gasteiger partial charge is 0.508 e. The van der Waals surface area contributed by atoms with Gasteiger partial charge in [-0.2, -0.15) is 0 Å². The van der Waals surface area contributed by atoms with Gasteiger partial charge in [-0.15, -0.1) is 0 Å². The zero-order chi connectivity index (χ0) is 26.4. The molecule has 12 heteroatoms. The molecule has 12 nitrogen and oxygen atoms in total. The first-order valence-corrected chi connectivity index (χ1v) is 10.7. The summed E-state index contributed by atoms with van der Waals surface area (Å²) in [5.74, 6) is -2.36. The highest BCUT2D eigenvalue weighted by Gasteiger charge is 2.45. The predicted octanol–water partition coefficient (Wildman–Crippen LogP) is 0.481. The Morgan fingerprint density at radius 3 is 2.36 bits per heavy atom.